The van der Waals surface area contributed by atoms with E-state index in [9.17, 15) is 14.0 Å². The molecule has 4 heterocycles. The number of aromatic nitrogens is 2. The van der Waals surface area contributed by atoms with Crippen LogP contribution in [0.5, 0.6) is 11.5 Å². The number of thiophene rings is 1. The van der Waals surface area contributed by atoms with E-state index in [4.69, 9.17) is 9.84 Å². The van der Waals surface area contributed by atoms with Gasteiger partial charge in [-0.1, -0.05) is 6.07 Å². The highest BCUT2D eigenvalue weighted by molar-refractivity contribution is 7.22. The van der Waals surface area contributed by atoms with Crippen molar-refractivity contribution < 1.29 is 23.8 Å². The van der Waals surface area contributed by atoms with E-state index in [1.54, 1.807) is 36.7 Å². The number of fused-ring (bicyclic) bond motifs is 1. The Morgan fingerprint density at radius 1 is 1.02 bits per heavy atom. The van der Waals surface area contributed by atoms with Gasteiger partial charge >= 0.3 is 0 Å². The molecule has 0 unspecified atom stereocenters. The Kier molecular flexibility index (Phi) is 8.04. The lowest BCUT2D eigenvalue weighted by Gasteiger charge is -2.34. The van der Waals surface area contributed by atoms with Gasteiger partial charge in [-0.15, -0.1) is 11.3 Å². The third-order valence-electron chi connectivity index (χ3n) is 7.55. The first-order valence-corrected chi connectivity index (χ1v) is 14.7. The number of piperazine rings is 1. The third-order valence-corrected chi connectivity index (χ3v) is 8.71. The van der Waals surface area contributed by atoms with E-state index in [0.29, 0.717) is 60.1 Å². The van der Waals surface area contributed by atoms with Crippen LogP contribution in [0.25, 0.3) is 20.8 Å². The molecule has 1 N–H and O–H groups in total. The highest BCUT2D eigenvalue weighted by Gasteiger charge is 2.25. The summed E-state index contributed by atoms with van der Waals surface area (Å²) in [5, 5.41) is 9.12. The molecule has 1 amide bonds. The van der Waals surface area contributed by atoms with E-state index < -0.39 is 5.82 Å². The van der Waals surface area contributed by atoms with Crippen molar-refractivity contribution >= 4 is 33.2 Å². The van der Waals surface area contributed by atoms with E-state index in [2.05, 4.69) is 14.9 Å². The van der Waals surface area contributed by atoms with E-state index in [0.717, 1.165) is 35.5 Å². The van der Waals surface area contributed by atoms with Crippen LogP contribution < -0.4 is 4.74 Å². The molecule has 10 heteroatoms. The van der Waals surface area contributed by atoms with Crippen LogP contribution in [0.2, 0.25) is 0 Å². The molecule has 1 aliphatic heterocycles. The lowest BCUT2D eigenvalue weighted by Crippen LogP contribution is -2.49. The molecule has 41 heavy (non-hydrogen) atoms. The predicted molar refractivity (Wildman–Crippen MR) is 155 cm³/mol. The molecule has 1 aromatic carbocycles. The van der Waals surface area contributed by atoms with Crippen LogP contribution in [0.1, 0.15) is 35.2 Å². The number of carbonyl (C=O) groups excluding carboxylic acids is 2. The molecule has 2 fully saturated rings. The zero-order valence-electron chi connectivity index (χ0n) is 22.6. The summed E-state index contributed by atoms with van der Waals surface area (Å²) < 4.78 is 21.6. The maximum Gasteiger partial charge on any atom is 0.255 e. The molecule has 8 nitrogen and oxygen atoms in total. The number of ether oxygens (including phenoxy) is 1. The molecule has 1 saturated carbocycles. The summed E-state index contributed by atoms with van der Waals surface area (Å²) in [6.07, 6.45) is 6.26. The minimum Gasteiger partial charge on any atom is -0.453 e. The predicted octanol–water partition coefficient (Wildman–Crippen LogP) is 4.95. The van der Waals surface area contributed by atoms with Gasteiger partial charge in [-0.2, -0.15) is 0 Å². The van der Waals surface area contributed by atoms with Crippen molar-refractivity contribution in [2.24, 2.45) is 5.92 Å². The topological polar surface area (TPSA) is 95.9 Å². The van der Waals surface area contributed by atoms with Gasteiger partial charge in [0.2, 0.25) is 0 Å². The largest absolute Gasteiger partial charge is 0.453 e. The molecule has 1 saturated heterocycles. The molecule has 4 aromatic rings. The Hall–Kier alpha value is -3.73. The first-order valence-electron chi connectivity index (χ1n) is 13.9. The fourth-order valence-electron chi connectivity index (χ4n) is 5.09. The fraction of sp³-hybridized carbons (Fsp3) is 0.355. The number of aliphatic hydroxyl groups excluding tert-OH is 1. The van der Waals surface area contributed by atoms with Crippen LogP contribution in [0, 0.1) is 11.7 Å². The SMILES string of the molecule is O=C(Cc1ccc(Oc2ccnc3cc(-c4ccc(C(=O)N5CCN(CCO)CC5)cn4)sc23)c(F)c1)CC1CC1. The maximum atomic E-state index is 14.9. The summed E-state index contributed by atoms with van der Waals surface area (Å²) in [5.41, 5.74) is 2.58. The Morgan fingerprint density at radius 2 is 1.85 bits per heavy atom. The Balaban J connectivity index is 1.14. The fourth-order valence-corrected chi connectivity index (χ4v) is 6.13. The minimum absolute atomic E-state index is 0.0540. The maximum absolute atomic E-state index is 14.9. The lowest BCUT2D eigenvalue weighted by molar-refractivity contribution is -0.118. The Morgan fingerprint density at radius 3 is 2.56 bits per heavy atom. The molecular weight excluding hydrogens is 543 g/mol. The van der Waals surface area contributed by atoms with Gasteiger partial charge in [0, 0.05) is 64.0 Å². The molecule has 1 aliphatic carbocycles. The number of β-amino-alcohol motifs (C(OH)–C–C–N with tert-alkyl or cyclic N) is 1. The molecule has 212 valence electrons. The number of pyridine rings is 2. The number of nitrogens with zero attached hydrogens (tertiary/aromatic N) is 4. The van der Waals surface area contributed by atoms with Crippen molar-refractivity contribution in [3.05, 3.63) is 71.8 Å². The lowest BCUT2D eigenvalue weighted by atomic mass is 10.0. The first kappa shape index (κ1) is 27.4. The van der Waals surface area contributed by atoms with Crippen LogP contribution in [0.15, 0.2) is 54.9 Å². The number of carbonyl (C=O) groups is 2. The number of Topliss-reactive ketones (excluding diaryl/α,β-unsaturated/α-hetero) is 1. The number of amides is 1. The van der Waals surface area contributed by atoms with Crippen molar-refractivity contribution in [1.82, 2.24) is 19.8 Å². The Bertz CT molecular complexity index is 1560. The number of aliphatic hydroxyl groups is 1. The summed E-state index contributed by atoms with van der Waals surface area (Å²) in [5.74, 6) is 0.659. The van der Waals surface area contributed by atoms with Crippen LogP contribution >= 0.6 is 11.3 Å². The first-order chi connectivity index (χ1) is 20.0. The quantitative estimate of drug-likeness (QED) is 0.286. The monoisotopic (exact) mass is 574 g/mol. The summed E-state index contributed by atoms with van der Waals surface area (Å²) in [6, 6.07) is 11.9. The molecule has 2 aliphatic rings. The molecular formula is C31H31FN4O4S. The normalized spacial score (nSPS) is 15.8. The van der Waals surface area contributed by atoms with Crippen molar-refractivity contribution in [3.8, 4) is 22.1 Å². The van der Waals surface area contributed by atoms with Gasteiger partial charge in [-0.3, -0.25) is 24.5 Å². The second-order valence-corrected chi connectivity index (χ2v) is 11.7. The van der Waals surface area contributed by atoms with E-state index in [1.807, 2.05) is 17.0 Å². The van der Waals surface area contributed by atoms with Crippen molar-refractivity contribution in [2.75, 3.05) is 39.3 Å². The summed E-state index contributed by atoms with van der Waals surface area (Å²) in [6.45, 7) is 3.46. The number of hydrogen-bond acceptors (Lipinski definition) is 8. The average Bonchev–Trinajstić information content (AvgIpc) is 3.68. The zero-order valence-corrected chi connectivity index (χ0v) is 23.4. The highest BCUT2D eigenvalue weighted by atomic mass is 32.1. The molecule has 0 atom stereocenters. The van der Waals surface area contributed by atoms with Gasteiger partial charge in [0.25, 0.3) is 5.91 Å². The molecule has 0 radical (unpaired) electrons. The number of halogens is 1. The van der Waals surface area contributed by atoms with Crippen LogP contribution in [-0.4, -0.2) is 75.9 Å². The third kappa shape index (κ3) is 6.45. The molecule has 6 rings (SSSR count). The zero-order chi connectivity index (χ0) is 28.3. The van der Waals surface area contributed by atoms with Crippen LogP contribution in [0.3, 0.4) is 0 Å². The number of rotatable bonds is 10. The van der Waals surface area contributed by atoms with Gasteiger partial charge in [0.1, 0.15) is 11.5 Å². The number of ketones is 1. The van der Waals surface area contributed by atoms with Crippen LogP contribution in [-0.2, 0) is 11.2 Å². The van der Waals surface area contributed by atoms with E-state index in [1.165, 1.54) is 17.4 Å². The standard InChI is InChI=1S/C31H31FN4O4S/c32-24-17-21(16-23(38)15-20-1-2-20)3-6-27(24)40-28-7-8-33-26-18-29(41-30(26)28)25-5-4-22(19-34-25)31(39)36-11-9-35(10-12-36)13-14-37/h3-8,17-20,37H,1-2,9-16H2. The van der Waals surface area contributed by atoms with Gasteiger partial charge in [0.15, 0.2) is 11.6 Å². The second-order valence-electron chi connectivity index (χ2n) is 10.7. The second kappa shape index (κ2) is 12.0. The summed E-state index contributed by atoms with van der Waals surface area (Å²) >= 11 is 1.43. The smallest absolute Gasteiger partial charge is 0.255 e. The average molecular weight is 575 g/mol. The number of hydrogen-bond donors (Lipinski definition) is 1. The van der Waals surface area contributed by atoms with E-state index >= 15 is 0 Å². The van der Waals surface area contributed by atoms with Gasteiger partial charge in [-0.25, -0.2) is 4.39 Å². The van der Waals surface area contributed by atoms with Gasteiger partial charge < -0.3 is 14.7 Å². The van der Waals surface area contributed by atoms with E-state index in [-0.39, 0.29) is 30.5 Å². The molecule has 3 aromatic heterocycles. The highest BCUT2D eigenvalue weighted by Crippen LogP contribution is 2.39. The van der Waals surface area contributed by atoms with Gasteiger partial charge in [0.05, 0.1) is 33.0 Å². The molecule has 0 bridgehead atoms. The van der Waals surface area contributed by atoms with Crippen molar-refractivity contribution in [2.45, 2.75) is 25.7 Å². The van der Waals surface area contributed by atoms with Crippen molar-refractivity contribution in [1.29, 1.82) is 0 Å². The van der Waals surface area contributed by atoms with Gasteiger partial charge in [-0.05, 0) is 54.7 Å². The van der Waals surface area contributed by atoms with Crippen molar-refractivity contribution in [3.63, 3.8) is 0 Å². The summed E-state index contributed by atoms with van der Waals surface area (Å²) in [4.78, 5) is 38.9. The number of benzene rings is 1. The minimum atomic E-state index is -0.514. The van der Waals surface area contributed by atoms with Crippen LogP contribution in [0.4, 0.5) is 4.39 Å². The Labute approximate surface area is 241 Å². The molecule has 0 spiro atoms. The summed E-state index contributed by atoms with van der Waals surface area (Å²) in [7, 11) is 0.